The fraction of sp³-hybridized carbons (Fsp3) is 0.308. The number of allylic oxidation sites excluding steroid dienone is 1. The highest BCUT2D eigenvalue weighted by Gasteiger charge is 1.97. The molecule has 4 heteroatoms. The summed E-state index contributed by atoms with van der Waals surface area (Å²) >= 11 is 0. The molecular formula is C13H18N2O2. The summed E-state index contributed by atoms with van der Waals surface area (Å²) in [5, 5.41) is 2.73. The summed E-state index contributed by atoms with van der Waals surface area (Å²) < 4.78 is 5.43. The summed E-state index contributed by atoms with van der Waals surface area (Å²) in [4.78, 5) is 11.3. The maximum absolute atomic E-state index is 11.3. The van der Waals surface area contributed by atoms with Gasteiger partial charge in [-0.2, -0.15) is 0 Å². The van der Waals surface area contributed by atoms with Gasteiger partial charge in [-0.3, -0.25) is 4.79 Å². The van der Waals surface area contributed by atoms with E-state index in [1.165, 1.54) is 0 Å². The van der Waals surface area contributed by atoms with Gasteiger partial charge in [-0.05, 0) is 26.0 Å². The third-order valence-corrected chi connectivity index (χ3v) is 1.95. The summed E-state index contributed by atoms with van der Waals surface area (Å²) in [6.45, 7) is 4.65. The molecule has 0 heterocycles. The molecule has 0 fully saturated rings. The van der Waals surface area contributed by atoms with E-state index in [9.17, 15) is 4.79 Å². The van der Waals surface area contributed by atoms with Gasteiger partial charge in [0.05, 0.1) is 6.54 Å². The van der Waals surface area contributed by atoms with Crippen LogP contribution in [0.3, 0.4) is 0 Å². The average molecular weight is 234 g/mol. The van der Waals surface area contributed by atoms with Gasteiger partial charge in [-0.25, -0.2) is 0 Å². The standard InChI is InChI=1S/C13H18N2O2/c1-10(2)8-13(16)15-6-7-17-12-5-3-4-11(14)9-12/h3-5,8-9H,6-7,14H2,1-2H3,(H,15,16). The van der Waals surface area contributed by atoms with Gasteiger partial charge >= 0.3 is 0 Å². The lowest BCUT2D eigenvalue weighted by molar-refractivity contribution is -0.116. The first-order valence-electron chi connectivity index (χ1n) is 5.49. The van der Waals surface area contributed by atoms with Gasteiger partial charge in [0, 0.05) is 17.8 Å². The minimum atomic E-state index is -0.0961. The van der Waals surface area contributed by atoms with Crippen LogP contribution in [0.1, 0.15) is 13.8 Å². The lowest BCUT2D eigenvalue weighted by Gasteiger charge is -2.07. The molecule has 1 aromatic rings. The Morgan fingerprint density at radius 1 is 1.47 bits per heavy atom. The number of nitrogens with two attached hydrogens (primary N) is 1. The van der Waals surface area contributed by atoms with Crippen molar-refractivity contribution in [2.24, 2.45) is 0 Å². The second kappa shape index (κ2) is 6.58. The Hall–Kier alpha value is -1.97. The maximum Gasteiger partial charge on any atom is 0.244 e. The van der Waals surface area contributed by atoms with Crippen LogP contribution < -0.4 is 15.8 Å². The molecule has 0 aliphatic carbocycles. The van der Waals surface area contributed by atoms with E-state index in [-0.39, 0.29) is 5.91 Å². The zero-order valence-electron chi connectivity index (χ0n) is 10.2. The van der Waals surface area contributed by atoms with Crippen molar-refractivity contribution in [1.82, 2.24) is 5.32 Å². The summed E-state index contributed by atoms with van der Waals surface area (Å²) in [5.41, 5.74) is 7.24. The smallest absolute Gasteiger partial charge is 0.244 e. The molecule has 0 unspecified atom stereocenters. The van der Waals surface area contributed by atoms with Gasteiger partial charge < -0.3 is 15.8 Å². The van der Waals surface area contributed by atoms with Crippen molar-refractivity contribution in [3.63, 3.8) is 0 Å². The van der Waals surface area contributed by atoms with E-state index in [1.807, 2.05) is 26.0 Å². The van der Waals surface area contributed by atoms with Crippen LogP contribution in [-0.2, 0) is 4.79 Å². The molecule has 0 bridgehead atoms. The maximum atomic E-state index is 11.3. The van der Waals surface area contributed by atoms with E-state index >= 15 is 0 Å². The molecule has 0 spiro atoms. The van der Waals surface area contributed by atoms with Gasteiger partial charge in [0.25, 0.3) is 0 Å². The average Bonchev–Trinajstić information content (AvgIpc) is 2.23. The van der Waals surface area contributed by atoms with Crippen LogP contribution in [-0.4, -0.2) is 19.1 Å². The van der Waals surface area contributed by atoms with Gasteiger partial charge in [0.1, 0.15) is 12.4 Å². The number of hydrogen-bond donors (Lipinski definition) is 2. The molecule has 0 aliphatic rings. The number of rotatable bonds is 5. The number of nitrogen functional groups attached to an aromatic ring is 1. The quantitative estimate of drug-likeness (QED) is 0.463. The normalized spacial score (nSPS) is 9.53. The zero-order valence-corrected chi connectivity index (χ0v) is 10.2. The Bertz CT molecular complexity index is 410. The van der Waals surface area contributed by atoms with Crippen LogP contribution >= 0.6 is 0 Å². The third kappa shape index (κ3) is 5.61. The topological polar surface area (TPSA) is 64.3 Å². The predicted molar refractivity (Wildman–Crippen MR) is 68.8 cm³/mol. The second-order valence-electron chi connectivity index (χ2n) is 3.93. The molecule has 1 rings (SSSR count). The molecule has 0 saturated heterocycles. The molecule has 0 aliphatic heterocycles. The van der Waals surface area contributed by atoms with Crippen molar-refractivity contribution in [2.75, 3.05) is 18.9 Å². The third-order valence-electron chi connectivity index (χ3n) is 1.95. The van der Waals surface area contributed by atoms with Gasteiger partial charge in [0.15, 0.2) is 0 Å². The summed E-state index contributed by atoms with van der Waals surface area (Å²) in [7, 11) is 0. The Labute approximate surface area is 101 Å². The minimum Gasteiger partial charge on any atom is -0.492 e. The minimum absolute atomic E-state index is 0.0961. The highest BCUT2D eigenvalue weighted by molar-refractivity contribution is 5.87. The van der Waals surface area contributed by atoms with Crippen molar-refractivity contribution >= 4 is 11.6 Å². The van der Waals surface area contributed by atoms with Crippen LogP contribution in [0.2, 0.25) is 0 Å². The number of hydrogen-bond acceptors (Lipinski definition) is 3. The highest BCUT2D eigenvalue weighted by Crippen LogP contribution is 2.13. The summed E-state index contributed by atoms with van der Waals surface area (Å²) in [6, 6.07) is 7.20. The molecule has 0 aromatic heterocycles. The van der Waals surface area contributed by atoms with Crippen LogP contribution in [0.25, 0.3) is 0 Å². The van der Waals surface area contributed by atoms with E-state index in [0.717, 1.165) is 5.57 Å². The molecule has 4 nitrogen and oxygen atoms in total. The van der Waals surface area contributed by atoms with Gasteiger partial charge in [-0.15, -0.1) is 0 Å². The number of nitrogens with one attached hydrogen (secondary N) is 1. The van der Waals surface area contributed by atoms with Crippen LogP contribution in [0, 0.1) is 0 Å². The van der Waals surface area contributed by atoms with E-state index in [1.54, 1.807) is 18.2 Å². The Kier molecular flexibility index (Phi) is 5.07. The van der Waals surface area contributed by atoms with Crippen molar-refractivity contribution in [1.29, 1.82) is 0 Å². The number of ether oxygens (including phenoxy) is 1. The first-order valence-corrected chi connectivity index (χ1v) is 5.49. The number of carbonyl (C=O) groups excluding carboxylic acids is 1. The molecule has 0 saturated carbocycles. The van der Waals surface area contributed by atoms with E-state index in [4.69, 9.17) is 10.5 Å². The van der Waals surface area contributed by atoms with Crippen molar-refractivity contribution in [2.45, 2.75) is 13.8 Å². The lowest BCUT2D eigenvalue weighted by atomic mass is 10.3. The molecule has 17 heavy (non-hydrogen) atoms. The number of carbonyl (C=O) groups is 1. The highest BCUT2D eigenvalue weighted by atomic mass is 16.5. The van der Waals surface area contributed by atoms with Crippen molar-refractivity contribution in [3.8, 4) is 5.75 Å². The molecule has 3 N–H and O–H groups in total. The van der Waals surface area contributed by atoms with Crippen LogP contribution in [0.15, 0.2) is 35.9 Å². The van der Waals surface area contributed by atoms with Crippen LogP contribution in [0.5, 0.6) is 5.75 Å². The number of benzene rings is 1. The van der Waals surface area contributed by atoms with Crippen molar-refractivity contribution < 1.29 is 9.53 Å². The number of amides is 1. The Morgan fingerprint density at radius 2 is 2.24 bits per heavy atom. The monoisotopic (exact) mass is 234 g/mol. The lowest BCUT2D eigenvalue weighted by Crippen LogP contribution is -2.26. The first-order chi connectivity index (χ1) is 8.08. The van der Waals surface area contributed by atoms with E-state index in [0.29, 0.717) is 24.6 Å². The SMILES string of the molecule is CC(C)=CC(=O)NCCOc1cccc(N)c1. The molecule has 1 amide bonds. The fourth-order valence-electron chi connectivity index (χ4n) is 1.26. The summed E-state index contributed by atoms with van der Waals surface area (Å²) in [6.07, 6.45) is 1.56. The van der Waals surface area contributed by atoms with Gasteiger partial charge in [-0.1, -0.05) is 11.6 Å². The number of anilines is 1. The fourth-order valence-corrected chi connectivity index (χ4v) is 1.26. The largest absolute Gasteiger partial charge is 0.492 e. The summed E-state index contributed by atoms with van der Waals surface area (Å²) in [5.74, 6) is 0.614. The molecule has 0 atom stereocenters. The van der Waals surface area contributed by atoms with Gasteiger partial charge in [0.2, 0.25) is 5.91 Å². The molecule has 1 aromatic carbocycles. The Balaban J connectivity index is 2.25. The predicted octanol–water partition coefficient (Wildman–Crippen LogP) is 1.73. The molecule has 92 valence electrons. The Morgan fingerprint density at radius 3 is 2.88 bits per heavy atom. The van der Waals surface area contributed by atoms with Crippen molar-refractivity contribution in [3.05, 3.63) is 35.9 Å². The zero-order chi connectivity index (χ0) is 12.7. The first kappa shape index (κ1) is 13.1. The molecule has 0 radical (unpaired) electrons. The van der Waals surface area contributed by atoms with Crippen LogP contribution in [0.4, 0.5) is 5.69 Å². The second-order valence-corrected chi connectivity index (χ2v) is 3.93. The van der Waals surface area contributed by atoms with E-state index < -0.39 is 0 Å². The van der Waals surface area contributed by atoms with E-state index in [2.05, 4.69) is 5.32 Å². The molecular weight excluding hydrogens is 216 g/mol.